The number of fused-ring (bicyclic) bond motifs is 2. The van der Waals surface area contributed by atoms with Crippen LogP contribution < -0.4 is 10.2 Å². The molecule has 1 N–H and O–H groups in total. The first-order valence-electron chi connectivity index (χ1n) is 13.7. The zero-order chi connectivity index (χ0) is 29.4. The van der Waals surface area contributed by atoms with Crippen molar-refractivity contribution in [2.45, 2.75) is 24.9 Å². The smallest absolute Gasteiger partial charge is 0.417 e. The number of rotatable bonds is 8. The number of thiol groups is 1. The molecule has 3 nitrogen and oxygen atoms in total. The molecule has 0 spiro atoms. The van der Waals surface area contributed by atoms with Crippen molar-refractivity contribution in [1.29, 1.82) is 0 Å². The number of halogens is 4. The molecule has 6 rings (SSSR count). The zero-order valence-electron chi connectivity index (χ0n) is 22.7. The van der Waals surface area contributed by atoms with Gasteiger partial charge in [0.15, 0.2) is 0 Å². The average molecular weight is 605 g/mol. The van der Waals surface area contributed by atoms with Crippen LogP contribution in [0.1, 0.15) is 57.7 Å². The molecule has 0 amide bonds. The molecule has 0 saturated heterocycles. The molecule has 2 aliphatic rings. The molecule has 0 radical (unpaired) electrons. The quantitative estimate of drug-likeness (QED) is 0.119. The molecule has 0 bridgehead atoms. The Morgan fingerprint density at radius 3 is 2.05 bits per heavy atom. The minimum absolute atomic E-state index is 0.0582. The van der Waals surface area contributed by atoms with Crippen molar-refractivity contribution in [3.63, 3.8) is 0 Å². The van der Waals surface area contributed by atoms with Gasteiger partial charge in [-0.25, -0.2) is 5.01 Å². The molecule has 4 aromatic carbocycles. The van der Waals surface area contributed by atoms with Crippen LogP contribution in [0.2, 0.25) is 5.02 Å². The summed E-state index contributed by atoms with van der Waals surface area (Å²) >= 11 is 10.4. The Labute approximate surface area is 253 Å². The van der Waals surface area contributed by atoms with E-state index in [4.69, 9.17) is 16.3 Å². The first kappa shape index (κ1) is 28.5. The van der Waals surface area contributed by atoms with Gasteiger partial charge in [-0.2, -0.15) is 25.8 Å². The summed E-state index contributed by atoms with van der Waals surface area (Å²) in [6, 6.07) is 23.9. The molecule has 0 aliphatic heterocycles. The lowest BCUT2D eigenvalue weighted by molar-refractivity contribution is -0.137. The van der Waals surface area contributed by atoms with Crippen LogP contribution in [-0.4, -0.2) is 17.4 Å². The SMILES string of the molecule is CCN(CS)Nc1cc(C2C=Cc3ccccc32)c(Oc2ccc(Cl)c(C(F)(F)F)c2)cc1C1C=Cc2ccccc21. The molecule has 2 unspecified atom stereocenters. The Morgan fingerprint density at radius 2 is 1.45 bits per heavy atom. The number of allylic oxidation sites excluding steroid dienone is 2. The summed E-state index contributed by atoms with van der Waals surface area (Å²) in [6.07, 6.45) is 3.79. The second-order valence-corrected chi connectivity index (χ2v) is 10.9. The molecule has 8 heteroatoms. The highest BCUT2D eigenvalue weighted by molar-refractivity contribution is 7.80. The van der Waals surface area contributed by atoms with Gasteiger partial charge in [0.2, 0.25) is 0 Å². The van der Waals surface area contributed by atoms with E-state index in [9.17, 15) is 13.2 Å². The van der Waals surface area contributed by atoms with E-state index in [0.29, 0.717) is 18.2 Å². The predicted molar refractivity (Wildman–Crippen MR) is 167 cm³/mol. The third kappa shape index (κ3) is 5.44. The van der Waals surface area contributed by atoms with Crippen molar-refractivity contribution >= 4 is 42.1 Å². The van der Waals surface area contributed by atoms with Gasteiger partial charge in [0.1, 0.15) is 11.5 Å². The van der Waals surface area contributed by atoms with Crippen LogP contribution in [0.15, 0.2) is 91.0 Å². The number of alkyl halides is 3. The highest BCUT2D eigenvalue weighted by Gasteiger charge is 2.34. The van der Waals surface area contributed by atoms with Crippen LogP contribution >= 0.6 is 24.2 Å². The van der Waals surface area contributed by atoms with Crippen molar-refractivity contribution in [3.8, 4) is 11.5 Å². The van der Waals surface area contributed by atoms with Gasteiger partial charge in [-0.3, -0.25) is 0 Å². The standard InChI is InChI=1S/C34H28ClF3N2OS/c1-2-40(20-42)39-32-18-29(27-15-12-22-8-4-6-10-25(22)27)33(41-23-13-16-31(35)30(17-23)34(36,37)38)19-28(32)26-14-11-21-7-3-5-9-24(21)26/h3-19,26-27,39,42H,2,20H2,1H3. The van der Waals surface area contributed by atoms with Gasteiger partial charge >= 0.3 is 6.18 Å². The number of hydrogen-bond donors (Lipinski definition) is 2. The Kier molecular flexibility index (Phi) is 7.83. The number of hydrazine groups is 1. The van der Waals surface area contributed by atoms with E-state index in [1.807, 2.05) is 42.3 Å². The topological polar surface area (TPSA) is 24.5 Å². The summed E-state index contributed by atoms with van der Waals surface area (Å²) in [4.78, 5) is 0. The van der Waals surface area contributed by atoms with Crippen molar-refractivity contribution in [1.82, 2.24) is 5.01 Å². The predicted octanol–water partition coefficient (Wildman–Crippen LogP) is 10.0. The van der Waals surface area contributed by atoms with Gasteiger partial charge < -0.3 is 10.2 Å². The molecular formula is C34H28ClF3N2OS. The number of nitrogens with one attached hydrogen (secondary N) is 1. The Bertz CT molecular complexity index is 1700. The number of anilines is 1. The second-order valence-electron chi connectivity index (χ2n) is 10.3. The molecule has 4 aromatic rings. The highest BCUT2D eigenvalue weighted by atomic mass is 35.5. The molecule has 42 heavy (non-hydrogen) atoms. The fraction of sp³-hybridized carbons (Fsp3) is 0.176. The van der Waals surface area contributed by atoms with Gasteiger partial charge in [-0.05, 0) is 58.1 Å². The highest BCUT2D eigenvalue weighted by Crippen LogP contribution is 2.47. The van der Waals surface area contributed by atoms with E-state index in [2.05, 4.69) is 72.7 Å². The maximum atomic E-state index is 13.7. The van der Waals surface area contributed by atoms with Gasteiger partial charge in [0.25, 0.3) is 0 Å². The largest absolute Gasteiger partial charge is 0.457 e. The van der Waals surface area contributed by atoms with E-state index in [1.54, 1.807) is 0 Å². The molecular weight excluding hydrogens is 577 g/mol. The monoisotopic (exact) mass is 604 g/mol. The van der Waals surface area contributed by atoms with E-state index >= 15 is 0 Å². The average Bonchev–Trinajstić information content (AvgIpc) is 3.61. The lowest BCUT2D eigenvalue weighted by Gasteiger charge is -2.27. The minimum Gasteiger partial charge on any atom is -0.457 e. The summed E-state index contributed by atoms with van der Waals surface area (Å²) in [5.74, 6) is 0.781. The van der Waals surface area contributed by atoms with E-state index in [-0.39, 0.29) is 22.6 Å². The summed E-state index contributed by atoms with van der Waals surface area (Å²) in [6.45, 7) is 2.76. The fourth-order valence-electron chi connectivity index (χ4n) is 5.64. The normalized spacial score (nSPS) is 17.0. The number of hydrogen-bond acceptors (Lipinski definition) is 4. The summed E-state index contributed by atoms with van der Waals surface area (Å²) < 4.78 is 47.6. The minimum atomic E-state index is -4.61. The van der Waals surface area contributed by atoms with Crippen LogP contribution in [0.5, 0.6) is 11.5 Å². The van der Waals surface area contributed by atoms with Gasteiger partial charge in [-0.1, -0.05) is 91.4 Å². The first-order chi connectivity index (χ1) is 20.3. The maximum Gasteiger partial charge on any atom is 0.417 e. The van der Waals surface area contributed by atoms with E-state index in [0.717, 1.165) is 45.1 Å². The molecule has 2 atom stereocenters. The Hall–Kier alpha value is -3.65. The molecule has 0 saturated carbocycles. The molecule has 0 aromatic heterocycles. The summed E-state index contributed by atoms with van der Waals surface area (Å²) in [5.41, 5.74) is 9.72. The lowest BCUT2D eigenvalue weighted by Crippen LogP contribution is -2.29. The van der Waals surface area contributed by atoms with Crippen molar-refractivity contribution in [2.24, 2.45) is 0 Å². The second kappa shape index (κ2) is 11.6. The third-order valence-electron chi connectivity index (χ3n) is 7.75. The summed E-state index contributed by atoms with van der Waals surface area (Å²) in [5, 5.41) is 1.62. The van der Waals surface area contributed by atoms with E-state index in [1.165, 1.54) is 12.1 Å². The fourth-order valence-corrected chi connectivity index (χ4v) is 6.13. The molecule has 0 heterocycles. The van der Waals surface area contributed by atoms with Crippen LogP contribution in [0.25, 0.3) is 12.2 Å². The number of ether oxygens (including phenoxy) is 1. The van der Waals surface area contributed by atoms with Crippen LogP contribution in [0, 0.1) is 0 Å². The van der Waals surface area contributed by atoms with Gasteiger partial charge in [0.05, 0.1) is 22.2 Å². The molecule has 2 aliphatic carbocycles. The zero-order valence-corrected chi connectivity index (χ0v) is 24.3. The van der Waals surface area contributed by atoms with Crippen molar-refractivity contribution in [2.75, 3.05) is 17.8 Å². The molecule has 0 fully saturated rings. The van der Waals surface area contributed by atoms with Crippen LogP contribution in [-0.2, 0) is 6.18 Å². The Morgan fingerprint density at radius 1 is 0.833 bits per heavy atom. The lowest BCUT2D eigenvalue weighted by atomic mass is 9.86. The van der Waals surface area contributed by atoms with Crippen molar-refractivity contribution in [3.05, 3.63) is 135 Å². The summed E-state index contributed by atoms with van der Waals surface area (Å²) in [7, 11) is 0. The maximum absolute atomic E-state index is 13.7. The number of nitrogens with zero attached hydrogens (tertiary/aromatic N) is 1. The van der Waals surface area contributed by atoms with Crippen LogP contribution in [0.4, 0.5) is 18.9 Å². The van der Waals surface area contributed by atoms with Gasteiger partial charge in [0, 0.05) is 23.9 Å². The van der Waals surface area contributed by atoms with Crippen molar-refractivity contribution < 1.29 is 17.9 Å². The number of benzene rings is 4. The first-order valence-corrected chi connectivity index (χ1v) is 14.7. The van der Waals surface area contributed by atoms with Gasteiger partial charge in [-0.15, -0.1) is 0 Å². The molecule has 214 valence electrons. The van der Waals surface area contributed by atoms with Crippen LogP contribution in [0.3, 0.4) is 0 Å². The Balaban J connectivity index is 1.54. The third-order valence-corrected chi connectivity index (χ3v) is 8.42. The van der Waals surface area contributed by atoms with E-state index < -0.39 is 11.7 Å².